The summed E-state index contributed by atoms with van der Waals surface area (Å²) in [6.07, 6.45) is 7.55. The fourth-order valence-corrected chi connectivity index (χ4v) is 2.64. The zero-order valence-electron chi connectivity index (χ0n) is 12.7. The normalized spacial score (nSPS) is 11.3. The number of benzene rings is 1. The largest absolute Gasteiger partial charge is 0.347 e. The summed E-state index contributed by atoms with van der Waals surface area (Å²) in [4.78, 5) is 16.3. The maximum Gasteiger partial charge on any atom is 0.222 e. The second-order valence-electron chi connectivity index (χ2n) is 5.25. The molecule has 0 radical (unpaired) electrons. The molecule has 2 rings (SSSR count). The Kier molecular flexibility index (Phi) is 5.14. The standard InChI is InChI=1S/C17H23N3O/c1-3-17(4-2,15-8-6-5-7-9-15)19-16(21)10-12-20-13-11-18-14-20/h5-9,11,13-14H,3-4,10,12H2,1-2H3,(H,19,21). The van der Waals surface area contributed by atoms with Crippen molar-refractivity contribution < 1.29 is 4.79 Å². The van der Waals surface area contributed by atoms with Gasteiger partial charge in [-0.05, 0) is 18.4 Å². The van der Waals surface area contributed by atoms with Crippen molar-refractivity contribution in [1.29, 1.82) is 0 Å². The van der Waals surface area contributed by atoms with Crippen molar-refractivity contribution in [2.24, 2.45) is 0 Å². The molecule has 0 saturated heterocycles. The van der Waals surface area contributed by atoms with Crippen molar-refractivity contribution in [1.82, 2.24) is 14.9 Å². The summed E-state index contributed by atoms with van der Waals surface area (Å²) in [5.74, 6) is 0.0799. The number of hydrogen-bond acceptors (Lipinski definition) is 2. The molecule has 0 aliphatic rings. The van der Waals surface area contributed by atoms with Crippen molar-refractivity contribution >= 4 is 5.91 Å². The minimum Gasteiger partial charge on any atom is -0.347 e. The highest BCUT2D eigenvalue weighted by Gasteiger charge is 2.29. The van der Waals surface area contributed by atoms with Gasteiger partial charge in [-0.15, -0.1) is 0 Å². The SMILES string of the molecule is CCC(CC)(NC(=O)CCn1ccnc1)c1ccccc1. The van der Waals surface area contributed by atoms with Gasteiger partial charge in [0.15, 0.2) is 0 Å². The molecule has 4 nitrogen and oxygen atoms in total. The highest BCUT2D eigenvalue weighted by Crippen LogP contribution is 2.28. The summed E-state index contributed by atoms with van der Waals surface area (Å²) in [5.41, 5.74) is 0.902. The number of nitrogens with zero attached hydrogens (tertiary/aromatic N) is 2. The fraction of sp³-hybridized carbons (Fsp3) is 0.412. The summed E-state index contributed by atoms with van der Waals surface area (Å²) in [7, 11) is 0. The van der Waals surface area contributed by atoms with Crippen molar-refractivity contribution in [3.8, 4) is 0 Å². The summed E-state index contributed by atoms with van der Waals surface area (Å²) < 4.78 is 1.92. The molecular weight excluding hydrogens is 262 g/mol. The molecule has 1 N–H and O–H groups in total. The lowest BCUT2D eigenvalue weighted by Crippen LogP contribution is -2.45. The Labute approximate surface area is 126 Å². The van der Waals surface area contributed by atoms with E-state index in [1.54, 1.807) is 12.5 Å². The third-order valence-corrected chi connectivity index (χ3v) is 4.07. The third-order valence-electron chi connectivity index (χ3n) is 4.07. The van der Waals surface area contributed by atoms with E-state index in [0.717, 1.165) is 12.8 Å². The molecule has 4 heteroatoms. The maximum absolute atomic E-state index is 12.3. The summed E-state index contributed by atoms with van der Waals surface area (Å²) in [6.45, 7) is 4.89. The zero-order chi connectivity index (χ0) is 15.1. The van der Waals surface area contributed by atoms with Gasteiger partial charge in [-0.25, -0.2) is 4.98 Å². The van der Waals surface area contributed by atoms with Crippen LogP contribution in [0.4, 0.5) is 0 Å². The molecule has 1 aromatic carbocycles. The van der Waals surface area contributed by atoms with E-state index in [1.165, 1.54) is 5.56 Å². The first kappa shape index (κ1) is 15.3. The highest BCUT2D eigenvalue weighted by atomic mass is 16.1. The quantitative estimate of drug-likeness (QED) is 0.849. The van der Waals surface area contributed by atoms with Crippen LogP contribution < -0.4 is 5.32 Å². The van der Waals surface area contributed by atoms with Crippen molar-refractivity contribution in [2.75, 3.05) is 0 Å². The molecule has 1 amide bonds. The molecular formula is C17H23N3O. The highest BCUT2D eigenvalue weighted by molar-refractivity contribution is 5.77. The molecule has 112 valence electrons. The van der Waals surface area contributed by atoms with Gasteiger partial charge in [0.25, 0.3) is 0 Å². The van der Waals surface area contributed by atoms with E-state index in [-0.39, 0.29) is 11.4 Å². The van der Waals surface area contributed by atoms with Crippen molar-refractivity contribution in [3.63, 3.8) is 0 Å². The summed E-state index contributed by atoms with van der Waals surface area (Å²) in [5, 5.41) is 3.24. The molecule has 21 heavy (non-hydrogen) atoms. The molecule has 0 saturated carbocycles. The minimum absolute atomic E-state index is 0.0799. The number of nitrogens with one attached hydrogen (secondary N) is 1. The van der Waals surface area contributed by atoms with Gasteiger partial charge in [0, 0.05) is 25.4 Å². The number of carbonyl (C=O) groups excluding carboxylic acids is 1. The van der Waals surface area contributed by atoms with Gasteiger partial charge in [-0.1, -0.05) is 44.2 Å². The van der Waals surface area contributed by atoms with Gasteiger partial charge in [-0.2, -0.15) is 0 Å². The second-order valence-corrected chi connectivity index (χ2v) is 5.25. The maximum atomic E-state index is 12.3. The van der Waals surface area contributed by atoms with E-state index in [1.807, 2.05) is 29.0 Å². The van der Waals surface area contributed by atoms with E-state index in [0.29, 0.717) is 13.0 Å². The van der Waals surface area contributed by atoms with Crippen molar-refractivity contribution in [2.45, 2.75) is 45.2 Å². The second kappa shape index (κ2) is 7.07. The predicted molar refractivity (Wildman–Crippen MR) is 83.7 cm³/mol. The monoisotopic (exact) mass is 285 g/mol. The van der Waals surface area contributed by atoms with Crippen LogP contribution in [0.25, 0.3) is 0 Å². The molecule has 1 heterocycles. The first-order valence-electron chi connectivity index (χ1n) is 7.52. The Morgan fingerprint density at radius 3 is 2.52 bits per heavy atom. The van der Waals surface area contributed by atoms with E-state index >= 15 is 0 Å². The van der Waals surface area contributed by atoms with Gasteiger partial charge < -0.3 is 9.88 Å². The average Bonchev–Trinajstić information content (AvgIpc) is 3.05. The third kappa shape index (κ3) is 3.72. The van der Waals surface area contributed by atoms with Gasteiger partial charge >= 0.3 is 0 Å². The molecule has 0 atom stereocenters. The van der Waals surface area contributed by atoms with E-state index in [9.17, 15) is 4.79 Å². The van der Waals surface area contributed by atoms with Crippen LogP contribution in [0.2, 0.25) is 0 Å². The lowest BCUT2D eigenvalue weighted by Gasteiger charge is -2.33. The van der Waals surface area contributed by atoms with Crippen LogP contribution in [-0.4, -0.2) is 15.5 Å². The van der Waals surface area contributed by atoms with Crippen LogP contribution in [0.1, 0.15) is 38.7 Å². The minimum atomic E-state index is -0.271. The number of hydrogen-bond donors (Lipinski definition) is 1. The summed E-state index contributed by atoms with van der Waals surface area (Å²) >= 11 is 0. The predicted octanol–water partition coefficient (Wildman–Crippen LogP) is 3.10. The van der Waals surface area contributed by atoms with Gasteiger partial charge in [0.1, 0.15) is 0 Å². The van der Waals surface area contributed by atoms with E-state index < -0.39 is 0 Å². The van der Waals surface area contributed by atoms with E-state index in [4.69, 9.17) is 0 Å². The van der Waals surface area contributed by atoms with Crippen LogP contribution in [0, 0.1) is 0 Å². The zero-order valence-corrected chi connectivity index (χ0v) is 12.7. The Hall–Kier alpha value is -2.10. The van der Waals surface area contributed by atoms with Gasteiger partial charge in [0.2, 0.25) is 5.91 Å². The molecule has 2 aromatic rings. The fourth-order valence-electron chi connectivity index (χ4n) is 2.64. The topological polar surface area (TPSA) is 46.9 Å². The average molecular weight is 285 g/mol. The van der Waals surface area contributed by atoms with Crippen LogP contribution >= 0.6 is 0 Å². The smallest absolute Gasteiger partial charge is 0.222 e. The number of imidazole rings is 1. The lowest BCUT2D eigenvalue weighted by atomic mass is 9.84. The number of amides is 1. The Balaban J connectivity index is 2.04. The lowest BCUT2D eigenvalue weighted by molar-refractivity contribution is -0.123. The molecule has 0 aliphatic heterocycles. The first-order chi connectivity index (χ1) is 10.2. The van der Waals surface area contributed by atoms with Crippen LogP contribution in [0.5, 0.6) is 0 Å². The van der Waals surface area contributed by atoms with Crippen LogP contribution in [0.15, 0.2) is 49.1 Å². The van der Waals surface area contributed by atoms with Crippen LogP contribution in [-0.2, 0) is 16.9 Å². The molecule has 1 aromatic heterocycles. The first-order valence-corrected chi connectivity index (χ1v) is 7.52. The number of rotatable bonds is 7. The van der Waals surface area contributed by atoms with Crippen LogP contribution in [0.3, 0.4) is 0 Å². The molecule has 0 fully saturated rings. The number of aromatic nitrogens is 2. The molecule has 0 spiro atoms. The molecule has 0 bridgehead atoms. The number of carbonyl (C=O) groups is 1. The molecule has 0 aliphatic carbocycles. The summed E-state index contributed by atoms with van der Waals surface area (Å²) in [6, 6.07) is 10.2. The Morgan fingerprint density at radius 2 is 1.95 bits per heavy atom. The number of aryl methyl sites for hydroxylation is 1. The van der Waals surface area contributed by atoms with Crippen molar-refractivity contribution in [3.05, 3.63) is 54.6 Å². The van der Waals surface area contributed by atoms with Gasteiger partial charge in [0.05, 0.1) is 11.9 Å². The van der Waals surface area contributed by atoms with E-state index in [2.05, 4.69) is 36.3 Å². The Morgan fingerprint density at radius 1 is 1.24 bits per heavy atom. The molecule has 0 unspecified atom stereocenters. The van der Waals surface area contributed by atoms with Gasteiger partial charge in [-0.3, -0.25) is 4.79 Å². The Bertz CT molecular complexity index is 545.